The van der Waals surface area contributed by atoms with Crippen molar-refractivity contribution in [2.45, 2.75) is 75.0 Å². The first-order valence-corrected chi connectivity index (χ1v) is 18.2. The normalized spacial score (nSPS) is 25.6. The van der Waals surface area contributed by atoms with Crippen molar-refractivity contribution in [3.05, 3.63) is 34.6 Å². The van der Waals surface area contributed by atoms with E-state index in [-0.39, 0.29) is 35.7 Å². The number of rotatable bonds is 9. The van der Waals surface area contributed by atoms with E-state index < -0.39 is 11.9 Å². The molecule has 5 rings (SSSR count). The number of nitriles is 1. The highest BCUT2D eigenvalue weighted by molar-refractivity contribution is 8.24. The van der Waals surface area contributed by atoms with Gasteiger partial charge in [0.2, 0.25) is 0 Å². The minimum Gasteiger partial charge on any atom is -0.461 e. The van der Waals surface area contributed by atoms with Crippen molar-refractivity contribution in [2.75, 3.05) is 39.3 Å². The number of carbonyl (C=O) groups is 4. The van der Waals surface area contributed by atoms with Crippen LogP contribution in [0.5, 0.6) is 11.5 Å². The highest BCUT2D eigenvalue weighted by Gasteiger charge is 2.36. The Hall–Kier alpha value is -3.27. The molecule has 1 amide bonds. The number of esters is 3. The average molecular weight is 682 g/mol. The van der Waals surface area contributed by atoms with Gasteiger partial charge in [-0.05, 0) is 68.4 Å². The molecule has 2 heterocycles. The third-order valence-corrected chi connectivity index (χ3v) is 12.4. The fourth-order valence-corrected chi connectivity index (χ4v) is 9.53. The van der Waals surface area contributed by atoms with Crippen LogP contribution >= 0.6 is 23.5 Å². The van der Waals surface area contributed by atoms with Crippen molar-refractivity contribution in [1.82, 2.24) is 9.80 Å². The summed E-state index contributed by atoms with van der Waals surface area (Å²) in [6.45, 7) is 9.78. The van der Waals surface area contributed by atoms with Crippen molar-refractivity contribution in [3.63, 3.8) is 0 Å². The SMILES string of the molecule is C=CC(=O)OCCN1CCN(C(=O)/C(C#N)=C2/Sc3c(OC(C)=O)ccc(OC(=O)C4CCC(C5CCC(C)CC5)CC4)c3S2)CC1. The van der Waals surface area contributed by atoms with Gasteiger partial charge in [-0.25, -0.2) is 4.79 Å². The van der Waals surface area contributed by atoms with E-state index in [1.165, 1.54) is 56.1 Å². The molecule has 4 aliphatic rings. The molecule has 12 heteroatoms. The highest BCUT2D eigenvalue weighted by atomic mass is 32.2. The largest absolute Gasteiger partial charge is 0.461 e. The Balaban J connectivity index is 1.24. The average Bonchev–Trinajstić information content (AvgIpc) is 3.52. The van der Waals surface area contributed by atoms with E-state index in [4.69, 9.17) is 14.2 Å². The number of amides is 1. The monoisotopic (exact) mass is 681 g/mol. The Morgan fingerprint density at radius 2 is 1.49 bits per heavy atom. The number of carbonyl (C=O) groups excluding carboxylic acids is 4. The maximum atomic E-state index is 13.6. The van der Waals surface area contributed by atoms with Crippen LogP contribution in [0.25, 0.3) is 0 Å². The van der Waals surface area contributed by atoms with Gasteiger partial charge in [-0.3, -0.25) is 19.3 Å². The van der Waals surface area contributed by atoms with E-state index in [1.807, 2.05) is 0 Å². The zero-order valence-corrected chi connectivity index (χ0v) is 28.8. The van der Waals surface area contributed by atoms with Gasteiger partial charge in [0.05, 0.1) is 19.9 Å². The molecule has 2 aliphatic heterocycles. The third-order valence-electron chi connectivity index (χ3n) is 9.73. The number of thioether (sulfide) groups is 2. The lowest BCUT2D eigenvalue weighted by Gasteiger charge is -2.36. The summed E-state index contributed by atoms with van der Waals surface area (Å²) in [5.74, 6) is 1.12. The highest BCUT2D eigenvalue weighted by Crippen LogP contribution is 2.59. The van der Waals surface area contributed by atoms with E-state index in [2.05, 4.69) is 24.5 Å². The molecule has 2 aliphatic carbocycles. The van der Waals surface area contributed by atoms with Crippen LogP contribution in [0.1, 0.15) is 65.2 Å². The van der Waals surface area contributed by atoms with E-state index in [9.17, 15) is 24.4 Å². The van der Waals surface area contributed by atoms with Gasteiger partial charge in [0.25, 0.3) is 5.91 Å². The molecular formula is C35H43N3O7S2. The molecule has 0 unspecified atom stereocenters. The summed E-state index contributed by atoms with van der Waals surface area (Å²) < 4.78 is 17.0. The van der Waals surface area contributed by atoms with Gasteiger partial charge in [-0.15, -0.1) is 0 Å². The summed E-state index contributed by atoms with van der Waals surface area (Å²) in [6.07, 6.45) is 10.0. The lowest BCUT2D eigenvalue weighted by Crippen LogP contribution is -2.49. The predicted octanol–water partition coefficient (Wildman–Crippen LogP) is 5.96. The summed E-state index contributed by atoms with van der Waals surface area (Å²) >= 11 is 2.37. The second kappa shape index (κ2) is 16.2. The predicted molar refractivity (Wildman–Crippen MR) is 178 cm³/mol. The van der Waals surface area contributed by atoms with E-state index in [0.29, 0.717) is 58.4 Å². The molecule has 0 spiro atoms. The van der Waals surface area contributed by atoms with Crippen LogP contribution in [0.15, 0.2) is 44.4 Å². The molecule has 1 saturated heterocycles. The van der Waals surface area contributed by atoms with Crippen LogP contribution in [-0.4, -0.2) is 72.9 Å². The first-order chi connectivity index (χ1) is 22.7. The minimum atomic E-state index is -0.502. The molecular weight excluding hydrogens is 639 g/mol. The number of fused-ring (bicyclic) bond motifs is 1. The summed E-state index contributed by atoms with van der Waals surface area (Å²) in [7, 11) is 0. The van der Waals surface area contributed by atoms with E-state index >= 15 is 0 Å². The van der Waals surface area contributed by atoms with Crippen LogP contribution in [0.2, 0.25) is 0 Å². The molecule has 252 valence electrons. The number of benzene rings is 1. The maximum absolute atomic E-state index is 13.6. The molecule has 3 fully saturated rings. The molecule has 47 heavy (non-hydrogen) atoms. The number of nitrogens with zero attached hydrogens (tertiary/aromatic N) is 3. The number of piperazine rings is 1. The molecule has 1 aromatic carbocycles. The summed E-state index contributed by atoms with van der Waals surface area (Å²) in [5.41, 5.74) is -0.00829. The summed E-state index contributed by atoms with van der Waals surface area (Å²) in [5, 5.41) is 10.1. The second-order valence-corrected chi connectivity index (χ2v) is 15.1. The van der Waals surface area contributed by atoms with Gasteiger partial charge in [-0.1, -0.05) is 49.9 Å². The van der Waals surface area contributed by atoms with Crippen molar-refractivity contribution >= 4 is 47.3 Å². The van der Waals surface area contributed by atoms with Crippen LogP contribution in [0, 0.1) is 35.0 Å². The Morgan fingerprint density at radius 1 is 0.915 bits per heavy atom. The first-order valence-electron chi connectivity index (χ1n) is 16.5. The molecule has 0 N–H and O–H groups in total. The van der Waals surface area contributed by atoms with E-state index in [1.54, 1.807) is 17.0 Å². The third kappa shape index (κ3) is 8.80. The lowest BCUT2D eigenvalue weighted by molar-refractivity contribution is -0.141. The number of hydrogen-bond acceptors (Lipinski definition) is 11. The van der Waals surface area contributed by atoms with Crippen molar-refractivity contribution in [2.24, 2.45) is 23.7 Å². The molecule has 0 bridgehead atoms. The Labute approximate surface area is 285 Å². The Morgan fingerprint density at radius 3 is 2.04 bits per heavy atom. The van der Waals surface area contributed by atoms with Gasteiger partial charge in [0, 0.05) is 45.7 Å². The molecule has 1 aromatic rings. The smallest absolute Gasteiger partial charge is 0.330 e. The van der Waals surface area contributed by atoms with Gasteiger partial charge in [0.1, 0.15) is 29.7 Å². The fraction of sp³-hybridized carbons (Fsp3) is 0.571. The number of hydrogen-bond donors (Lipinski definition) is 0. The zero-order valence-electron chi connectivity index (χ0n) is 27.2. The van der Waals surface area contributed by atoms with Crippen LogP contribution in [-0.2, 0) is 23.9 Å². The molecule has 0 atom stereocenters. The van der Waals surface area contributed by atoms with Gasteiger partial charge in [0.15, 0.2) is 0 Å². The van der Waals surface area contributed by atoms with Crippen molar-refractivity contribution in [1.29, 1.82) is 5.26 Å². The second-order valence-electron chi connectivity index (χ2n) is 12.9. The lowest BCUT2D eigenvalue weighted by atomic mass is 9.69. The quantitative estimate of drug-likeness (QED) is 0.133. The van der Waals surface area contributed by atoms with Crippen LogP contribution < -0.4 is 9.47 Å². The summed E-state index contributed by atoms with van der Waals surface area (Å²) in [4.78, 5) is 55.0. The first kappa shape index (κ1) is 35.0. The maximum Gasteiger partial charge on any atom is 0.330 e. The summed E-state index contributed by atoms with van der Waals surface area (Å²) in [6, 6.07) is 5.32. The fourth-order valence-electron chi connectivity index (χ4n) is 6.97. The molecule has 2 saturated carbocycles. The Kier molecular flexibility index (Phi) is 12.1. The number of ether oxygens (including phenoxy) is 3. The van der Waals surface area contributed by atoms with E-state index in [0.717, 1.165) is 43.6 Å². The molecule has 0 aromatic heterocycles. The molecule has 0 radical (unpaired) electrons. The molecule has 10 nitrogen and oxygen atoms in total. The topological polar surface area (TPSA) is 126 Å². The van der Waals surface area contributed by atoms with Crippen molar-refractivity contribution < 1.29 is 33.4 Å². The standard InChI is InChI=1S/C35H43N3O7S2/c1-4-30(40)43-20-19-37-15-17-38(18-16-37)33(41)27(21-36)35-46-31-28(44-23(3)39)13-14-29(32(31)47-35)45-34(42)26-11-9-25(10-12-26)24-7-5-22(2)6-8-24/h4,13-14,22,24-26H,1,5-12,15-20H2,2-3H3/b35-27-. The van der Waals surface area contributed by atoms with Gasteiger partial charge in [-0.2, -0.15) is 5.26 Å². The minimum absolute atomic E-state index is 0.00829. The van der Waals surface area contributed by atoms with Gasteiger partial charge >= 0.3 is 17.9 Å². The Bertz CT molecular complexity index is 1450. The zero-order chi connectivity index (χ0) is 33.5. The van der Waals surface area contributed by atoms with Crippen LogP contribution in [0.4, 0.5) is 0 Å². The van der Waals surface area contributed by atoms with Gasteiger partial charge < -0.3 is 19.1 Å². The van der Waals surface area contributed by atoms with Crippen molar-refractivity contribution in [3.8, 4) is 17.6 Å². The van der Waals surface area contributed by atoms with Crippen LogP contribution in [0.3, 0.4) is 0 Å².